The molecular weight excluding hydrogens is 759 g/mol. The summed E-state index contributed by atoms with van der Waals surface area (Å²) in [5, 5.41) is 0. The van der Waals surface area contributed by atoms with Crippen molar-refractivity contribution in [3.05, 3.63) is 107 Å². The summed E-state index contributed by atoms with van der Waals surface area (Å²) < 4.78 is 58.7. The molecule has 0 amide bonds. The van der Waals surface area contributed by atoms with Gasteiger partial charge in [-0.05, 0) is 65.9 Å². The van der Waals surface area contributed by atoms with Crippen molar-refractivity contribution in [3.8, 4) is 0 Å². The van der Waals surface area contributed by atoms with E-state index in [2.05, 4.69) is 147 Å². The van der Waals surface area contributed by atoms with Crippen molar-refractivity contribution in [1.82, 2.24) is 12.9 Å². The Morgan fingerprint density at radius 1 is 0.589 bits per heavy atom. The molecule has 2 heterocycles. The third-order valence-electron chi connectivity index (χ3n) is 8.46. The quantitative estimate of drug-likeness (QED) is 0.240. The van der Waals surface area contributed by atoms with Crippen molar-refractivity contribution in [2.75, 3.05) is 47.5 Å². The Kier molecular flexibility index (Phi) is 24.2. The van der Waals surface area contributed by atoms with E-state index in [0.717, 1.165) is 15.0 Å². The van der Waals surface area contributed by atoms with Crippen LogP contribution in [0.1, 0.15) is 124 Å². The van der Waals surface area contributed by atoms with Gasteiger partial charge in [0.15, 0.2) is 0 Å². The number of hydrogen-bond acceptors (Lipinski definition) is 5. The van der Waals surface area contributed by atoms with Gasteiger partial charge in [0.25, 0.3) is 10.2 Å². The fraction of sp³-hybridized carbons (Fsp3) is 0.578. The van der Waals surface area contributed by atoms with Gasteiger partial charge in [-0.3, -0.25) is 4.21 Å². The smallest absolute Gasteiger partial charge is 0.267 e. The van der Waals surface area contributed by atoms with E-state index in [1.807, 2.05) is 27.7 Å². The molecule has 3 aromatic carbocycles. The van der Waals surface area contributed by atoms with Crippen molar-refractivity contribution in [3.63, 3.8) is 0 Å². The summed E-state index contributed by atoms with van der Waals surface area (Å²) in [6.07, 6.45) is 0.791. The maximum Gasteiger partial charge on any atom is 0.280 e. The number of rotatable bonds is 2. The van der Waals surface area contributed by atoms with Crippen molar-refractivity contribution >= 4 is 35.6 Å². The summed E-state index contributed by atoms with van der Waals surface area (Å²) in [6.45, 7) is 28.6. The van der Waals surface area contributed by atoms with E-state index >= 15 is 0 Å². The van der Waals surface area contributed by atoms with E-state index in [1.54, 1.807) is 7.05 Å². The van der Waals surface area contributed by atoms with E-state index in [1.165, 1.54) is 60.3 Å². The molecule has 1 unspecified atom stereocenters. The third kappa shape index (κ3) is 20.8. The fourth-order valence-corrected chi connectivity index (χ4v) is 8.60. The average molecular weight is 838 g/mol. The Morgan fingerprint density at radius 2 is 0.946 bits per heavy atom. The van der Waals surface area contributed by atoms with Crippen LogP contribution in [0.25, 0.3) is 0 Å². The maximum atomic E-state index is 11.9. The predicted molar refractivity (Wildman–Crippen MR) is 248 cm³/mol. The highest BCUT2D eigenvalue weighted by Gasteiger charge is 2.24. The lowest BCUT2D eigenvalue weighted by Gasteiger charge is -2.19. The lowest BCUT2D eigenvalue weighted by Crippen LogP contribution is -2.34. The molecule has 0 aliphatic carbocycles. The fourth-order valence-electron chi connectivity index (χ4n) is 4.95. The molecule has 0 N–H and O–H groups in total. The van der Waals surface area contributed by atoms with Gasteiger partial charge in [0.05, 0.1) is 5.75 Å². The summed E-state index contributed by atoms with van der Waals surface area (Å²) in [6, 6.07) is 27.6. The van der Waals surface area contributed by atoms with Crippen molar-refractivity contribution in [2.24, 2.45) is 0 Å². The van der Waals surface area contributed by atoms with Crippen LogP contribution in [0.2, 0.25) is 0 Å². The van der Waals surface area contributed by atoms with E-state index < -0.39 is 29.8 Å². The first kappa shape index (κ1) is 55.6. The molecule has 56 heavy (non-hydrogen) atoms. The summed E-state index contributed by atoms with van der Waals surface area (Å²) in [7, 11) is -0.213. The molecule has 11 heteroatoms. The van der Waals surface area contributed by atoms with Gasteiger partial charge in [0, 0.05) is 53.3 Å². The number of sulfonamides is 1. The third-order valence-corrected chi connectivity index (χ3v) is 13.9. The first-order valence-corrected chi connectivity index (χ1v) is 24.7. The van der Waals surface area contributed by atoms with Crippen LogP contribution in [0, 0.1) is 0 Å². The van der Waals surface area contributed by atoms with E-state index in [4.69, 9.17) is 0 Å². The first-order chi connectivity index (χ1) is 25.5. The van der Waals surface area contributed by atoms with Gasteiger partial charge in [0.1, 0.15) is 0 Å². The number of hydrogen-bond donors (Lipinski definition) is 0. The maximum absolute atomic E-state index is 11.9. The summed E-state index contributed by atoms with van der Waals surface area (Å²) in [4.78, 5) is 0. The number of benzene rings is 3. The van der Waals surface area contributed by atoms with Crippen LogP contribution >= 0.6 is 0 Å². The minimum absolute atomic E-state index is 0.166. The highest BCUT2D eigenvalue weighted by molar-refractivity contribution is 7.99. The largest absolute Gasteiger partial charge is 0.280 e. The van der Waals surface area contributed by atoms with Gasteiger partial charge in [-0.1, -0.05) is 169 Å². The molecule has 2 aliphatic heterocycles. The molecular formula is C45H79N3O5S3. The predicted octanol–water partition coefficient (Wildman–Crippen LogP) is 9.74. The summed E-state index contributed by atoms with van der Waals surface area (Å²) >= 11 is 0. The van der Waals surface area contributed by atoms with Crippen LogP contribution in [0.4, 0.5) is 0 Å². The van der Waals surface area contributed by atoms with Gasteiger partial charge in [-0.15, -0.1) is 0 Å². The van der Waals surface area contributed by atoms with E-state index in [-0.39, 0.29) is 5.41 Å². The Hall–Kier alpha value is -2.54. The van der Waals surface area contributed by atoms with Gasteiger partial charge in [-0.2, -0.15) is 17.0 Å². The van der Waals surface area contributed by atoms with Gasteiger partial charge in [0.2, 0.25) is 10.0 Å². The van der Waals surface area contributed by atoms with Crippen molar-refractivity contribution in [1.29, 1.82) is 0 Å². The molecule has 0 aromatic heterocycles. The molecule has 0 radical (unpaired) electrons. The van der Waals surface area contributed by atoms with Gasteiger partial charge >= 0.3 is 0 Å². The van der Waals surface area contributed by atoms with Crippen LogP contribution in [-0.4, -0.2) is 87.4 Å². The second-order valence-corrected chi connectivity index (χ2v) is 23.8. The second kappa shape index (κ2) is 24.4. The molecule has 5 rings (SSSR count). The zero-order chi connectivity index (χ0) is 44.3. The molecule has 1 atom stereocenters. The minimum atomic E-state index is -3.15. The zero-order valence-electron chi connectivity index (χ0n) is 38.4. The van der Waals surface area contributed by atoms with Crippen LogP contribution in [0.3, 0.4) is 0 Å². The molecule has 0 bridgehead atoms. The standard InChI is InChI=1S/C13H18OS.2C10H14.C4H12N2O2S.C4H9NO2S.2C2H6/c1-13(2,3)12-6-5-10-8-15(4,14)9-11(10)7-12;2*1-10(2,3)9-7-5-4-6-8-9;1-5(2)9(7,8)6(3)4;1-5-3-2-4-8(5,6)7;2*1-2/h5-7H,4,8-9H2,1-3H3;2*4-8H,1-3H3;1-4H3;2-4H2,1H3;2*1-2H3. The summed E-state index contributed by atoms with van der Waals surface area (Å²) in [5.41, 5.74) is 7.33. The SMILES string of the molecule is C=S1(=O)Cc2ccc(C(C)(C)C)cc2C1.CC.CC.CC(C)(C)c1ccccc1.CC(C)(C)c1ccccc1.CN(C)S(=O)(=O)N(C)C.CN1CCCS1(=O)=O. The molecule has 0 spiro atoms. The minimum Gasteiger partial charge on any atom is -0.267 e. The lowest BCUT2D eigenvalue weighted by molar-refractivity contribution is 0.452. The normalized spacial score (nSPS) is 17.3. The van der Waals surface area contributed by atoms with Crippen LogP contribution in [-0.2, 0) is 57.5 Å². The molecule has 8 nitrogen and oxygen atoms in total. The van der Waals surface area contributed by atoms with Crippen LogP contribution in [0.5, 0.6) is 0 Å². The Bertz CT molecular complexity index is 1790. The Morgan fingerprint density at radius 3 is 1.18 bits per heavy atom. The molecule has 1 saturated heterocycles. The molecule has 322 valence electrons. The Labute approximate surface area is 346 Å². The Balaban J connectivity index is 0. The van der Waals surface area contributed by atoms with E-state index in [9.17, 15) is 21.0 Å². The molecule has 1 fully saturated rings. The summed E-state index contributed by atoms with van der Waals surface area (Å²) in [5.74, 6) is 5.46. The van der Waals surface area contributed by atoms with Crippen molar-refractivity contribution in [2.45, 2.75) is 124 Å². The molecule has 2 aliphatic rings. The lowest BCUT2D eigenvalue weighted by atomic mass is 9.85. The first-order valence-electron chi connectivity index (χ1n) is 19.6. The molecule has 3 aromatic rings. The van der Waals surface area contributed by atoms with Gasteiger partial charge < -0.3 is 0 Å². The number of fused-ring (bicyclic) bond motifs is 1. The van der Waals surface area contributed by atoms with Gasteiger partial charge in [-0.25, -0.2) is 12.7 Å². The van der Waals surface area contributed by atoms with Crippen LogP contribution in [0.15, 0.2) is 78.9 Å². The highest BCUT2D eigenvalue weighted by Crippen LogP contribution is 2.30. The topological polar surface area (TPSA) is 95.1 Å². The number of nitrogens with zero attached hydrogens (tertiary/aromatic N) is 3. The van der Waals surface area contributed by atoms with E-state index in [0.29, 0.717) is 34.6 Å². The highest BCUT2D eigenvalue weighted by atomic mass is 32.2. The monoisotopic (exact) mass is 838 g/mol. The zero-order valence-corrected chi connectivity index (χ0v) is 40.8. The second-order valence-electron chi connectivity index (χ2n) is 16.8. The molecule has 0 saturated carbocycles. The van der Waals surface area contributed by atoms with Crippen molar-refractivity contribution < 1.29 is 21.0 Å². The average Bonchev–Trinajstić information content (AvgIpc) is 3.60. The van der Waals surface area contributed by atoms with Crippen LogP contribution < -0.4 is 0 Å².